The second-order valence-corrected chi connectivity index (χ2v) is 14.5. The normalized spacial score (nSPS) is 26.8. The standard InChI is InChI=1S/C16H20.C15H24F2N2.C6H14.C3H6.C2H6/c1-3-4-5-8-14-12-11-13(2)15-9-6-7-10-16(14)15;1-14(16,17)15(18,19)11-6-9-5-10(11)13-8-3-2-7(4-8)12(9)13;1-3-5-6-4-2;1-3-2;1-2/h6-7,9-12H,3-5,8H2,1-2H3;7-13H,2-6,18-19H2,1H3;3-6H2,1-2H3;3H,1H2,2H3;1-2H3. The molecule has 0 amide bonds. The van der Waals surface area contributed by atoms with Crippen LogP contribution in [-0.4, -0.2) is 11.6 Å². The molecule has 7 unspecified atom stereocenters. The number of benzene rings is 2. The van der Waals surface area contributed by atoms with E-state index in [1.807, 2.05) is 20.8 Å². The summed E-state index contributed by atoms with van der Waals surface area (Å²) < 4.78 is 27.5. The fourth-order valence-electron chi connectivity index (χ4n) is 9.24. The third-order valence-corrected chi connectivity index (χ3v) is 11.3. The largest absolute Gasteiger partial charge is 0.308 e. The lowest BCUT2D eigenvalue weighted by atomic mass is 9.64. The number of rotatable bonds is 9. The molecule has 0 heterocycles. The number of hydrogen-bond donors (Lipinski definition) is 2. The smallest absolute Gasteiger partial charge is 0.275 e. The topological polar surface area (TPSA) is 52.0 Å². The first-order chi connectivity index (χ1) is 22.0. The zero-order valence-corrected chi connectivity index (χ0v) is 30.9. The van der Waals surface area contributed by atoms with Crippen LogP contribution in [0.15, 0.2) is 49.1 Å². The molecule has 7 atom stereocenters. The maximum Gasteiger partial charge on any atom is 0.275 e. The van der Waals surface area contributed by atoms with Crippen molar-refractivity contribution in [2.24, 2.45) is 52.9 Å². The highest BCUT2D eigenvalue weighted by molar-refractivity contribution is 5.88. The molecule has 2 aromatic rings. The lowest BCUT2D eigenvalue weighted by Crippen LogP contribution is -2.68. The molecule has 2 aromatic carbocycles. The van der Waals surface area contributed by atoms with E-state index in [1.54, 1.807) is 6.08 Å². The predicted octanol–water partition coefficient (Wildman–Crippen LogP) is 12.3. The molecule has 4 heteroatoms. The molecule has 0 spiro atoms. The van der Waals surface area contributed by atoms with Crippen molar-refractivity contribution in [3.8, 4) is 0 Å². The first kappa shape index (κ1) is 40.4. The van der Waals surface area contributed by atoms with Gasteiger partial charge in [-0.25, -0.2) is 8.78 Å². The fourth-order valence-corrected chi connectivity index (χ4v) is 9.24. The van der Waals surface area contributed by atoms with Crippen LogP contribution in [0.4, 0.5) is 8.78 Å². The van der Waals surface area contributed by atoms with Gasteiger partial charge in [-0.05, 0) is 122 Å². The molecule has 4 fully saturated rings. The molecule has 46 heavy (non-hydrogen) atoms. The minimum atomic E-state index is -2.99. The van der Waals surface area contributed by atoms with E-state index in [1.165, 1.54) is 92.5 Å². The highest BCUT2D eigenvalue weighted by Gasteiger charge is 2.66. The number of fused-ring (bicyclic) bond motifs is 10. The molecule has 2 nitrogen and oxygen atoms in total. The monoisotopic (exact) mass is 641 g/mol. The van der Waals surface area contributed by atoms with Crippen molar-refractivity contribution in [1.29, 1.82) is 0 Å². The molecule has 4 bridgehead atoms. The number of nitrogens with two attached hydrogens (primary N) is 2. The van der Waals surface area contributed by atoms with E-state index in [-0.39, 0.29) is 5.92 Å². The molecule has 0 aromatic heterocycles. The Morgan fingerprint density at radius 2 is 1.30 bits per heavy atom. The molecule has 0 aliphatic heterocycles. The van der Waals surface area contributed by atoms with Gasteiger partial charge >= 0.3 is 0 Å². The van der Waals surface area contributed by atoms with E-state index in [9.17, 15) is 8.78 Å². The summed E-state index contributed by atoms with van der Waals surface area (Å²) in [6.07, 6.45) is 18.4. The third kappa shape index (κ3) is 9.65. The molecule has 262 valence electrons. The average Bonchev–Trinajstić information content (AvgIpc) is 3.85. The Hall–Kier alpha value is -1.78. The number of unbranched alkanes of at least 4 members (excludes halogenated alkanes) is 5. The molecule has 6 rings (SSSR count). The Morgan fingerprint density at radius 3 is 1.85 bits per heavy atom. The van der Waals surface area contributed by atoms with Crippen molar-refractivity contribution in [3.63, 3.8) is 0 Å². The molecule has 4 saturated carbocycles. The van der Waals surface area contributed by atoms with Crippen LogP contribution in [0.5, 0.6) is 0 Å². The number of hydrogen-bond acceptors (Lipinski definition) is 2. The van der Waals surface area contributed by atoms with Gasteiger partial charge in [0.2, 0.25) is 0 Å². The van der Waals surface area contributed by atoms with Crippen LogP contribution in [0.1, 0.15) is 137 Å². The van der Waals surface area contributed by atoms with Gasteiger partial charge in [0.1, 0.15) is 5.66 Å². The molecule has 4 aliphatic carbocycles. The van der Waals surface area contributed by atoms with Gasteiger partial charge in [-0.2, -0.15) is 0 Å². The molecule has 4 aliphatic rings. The van der Waals surface area contributed by atoms with Gasteiger partial charge in [0, 0.05) is 6.92 Å². The third-order valence-electron chi connectivity index (χ3n) is 11.3. The average molecular weight is 641 g/mol. The summed E-state index contributed by atoms with van der Waals surface area (Å²) >= 11 is 0. The maximum atomic E-state index is 13.8. The first-order valence-corrected chi connectivity index (χ1v) is 19.0. The minimum Gasteiger partial charge on any atom is -0.308 e. The van der Waals surface area contributed by atoms with Gasteiger partial charge in [-0.15, -0.1) is 6.58 Å². The van der Waals surface area contributed by atoms with Gasteiger partial charge < -0.3 is 11.5 Å². The van der Waals surface area contributed by atoms with Crippen molar-refractivity contribution in [2.45, 2.75) is 150 Å². The van der Waals surface area contributed by atoms with Crippen molar-refractivity contribution >= 4 is 10.8 Å². The van der Waals surface area contributed by atoms with E-state index in [4.69, 9.17) is 11.5 Å². The summed E-state index contributed by atoms with van der Waals surface area (Å²) in [7, 11) is 0. The zero-order chi connectivity index (χ0) is 34.5. The van der Waals surface area contributed by atoms with Crippen molar-refractivity contribution in [1.82, 2.24) is 0 Å². The van der Waals surface area contributed by atoms with Crippen LogP contribution in [-0.2, 0) is 6.42 Å². The molecule has 0 radical (unpaired) electrons. The van der Waals surface area contributed by atoms with Crippen molar-refractivity contribution in [3.05, 3.63) is 60.2 Å². The molecular weight excluding hydrogens is 570 g/mol. The molecule has 0 saturated heterocycles. The maximum absolute atomic E-state index is 13.8. The van der Waals surface area contributed by atoms with Crippen molar-refractivity contribution in [2.75, 3.05) is 0 Å². The van der Waals surface area contributed by atoms with Crippen LogP contribution in [0, 0.1) is 48.3 Å². The quantitative estimate of drug-likeness (QED) is 0.124. The van der Waals surface area contributed by atoms with E-state index >= 15 is 0 Å². The highest BCUT2D eigenvalue weighted by atomic mass is 19.3. The van der Waals surface area contributed by atoms with Gasteiger partial charge in [-0.3, -0.25) is 0 Å². The van der Waals surface area contributed by atoms with Crippen molar-refractivity contribution < 1.29 is 8.78 Å². The Balaban J connectivity index is 0.000000247. The Kier molecular flexibility index (Phi) is 16.9. The van der Waals surface area contributed by atoms with Gasteiger partial charge in [-0.1, -0.05) is 116 Å². The number of allylic oxidation sites excluding steroid dienone is 1. The second-order valence-electron chi connectivity index (χ2n) is 14.5. The molecular formula is C42H70F2N2. The summed E-state index contributed by atoms with van der Waals surface area (Å²) in [5, 5.41) is 2.86. The van der Waals surface area contributed by atoms with E-state index in [2.05, 4.69) is 70.7 Å². The Labute approximate surface area is 282 Å². The van der Waals surface area contributed by atoms with Crippen LogP contribution in [0.3, 0.4) is 0 Å². The minimum absolute atomic E-state index is 0.182. The van der Waals surface area contributed by atoms with Gasteiger partial charge in [0.25, 0.3) is 5.92 Å². The van der Waals surface area contributed by atoms with Crippen LogP contribution in [0.25, 0.3) is 10.8 Å². The molecule has 4 N–H and O–H groups in total. The zero-order valence-electron chi connectivity index (χ0n) is 30.9. The summed E-state index contributed by atoms with van der Waals surface area (Å²) in [5.74, 6) is 0.980. The number of halogens is 2. The van der Waals surface area contributed by atoms with E-state index in [0.717, 1.165) is 37.5 Å². The SMILES string of the molecule is C=CC.CC.CC(F)(F)C(N)(N)C1CC2CC1C1C3CCC(C3)C21.CCCCCC.CCCCCc1ccc(C)c2ccccc12. The van der Waals surface area contributed by atoms with Crippen LogP contribution < -0.4 is 11.5 Å². The predicted molar refractivity (Wildman–Crippen MR) is 198 cm³/mol. The summed E-state index contributed by atoms with van der Waals surface area (Å²) in [6, 6.07) is 13.3. The summed E-state index contributed by atoms with van der Waals surface area (Å²) in [4.78, 5) is 0. The van der Waals surface area contributed by atoms with Crippen LogP contribution in [0.2, 0.25) is 0 Å². The number of alkyl halides is 2. The lowest BCUT2D eigenvalue weighted by Gasteiger charge is -2.46. The first-order valence-electron chi connectivity index (χ1n) is 19.0. The van der Waals surface area contributed by atoms with E-state index in [0.29, 0.717) is 17.8 Å². The Morgan fingerprint density at radius 1 is 0.783 bits per heavy atom. The number of aryl methyl sites for hydroxylation is 2. The second kappa shape index (κ2) is 19.3. The Bertz CT molecular complexity index is 1150. The van der Waals surface area contributed by atoms with Crippen LogP contribution >= 0.6 is 0 Å². The van der Waals surface area contributed by atoms with Gasteiger partial charge in [0.05, 0.1) is 0 Å². The summed E-state index contributed by atoms with van der Waals surface area (Å²) in [6.45, 7) is 19.0. The van der Waals surface area contributed by atoms with Gasteiger partial charge in [0.15, 0.2) is 0 Å². The lowest BCUT2D eigenvalue weighted by molar-refractivity contribution is -0.100. The summed E-state index contributed by atoms with van der Waals surface area (Å²) in [5.41, 5.74) is 12.9. The fraction of sp³-hybridized carbons (Fsp3) is 0.714. The highest BCUT2D eigenvalue weighted by Crippen LogP contribution is 2.70. The van der Waals surface area contributed by atoms with E-state index < -0.39 is 11.6 Å².